The number of carbonyl (C=O) groups is 1. The molecule has 0 saturated carbocycles. The maximum atomic E-state index is 13.2. The number of methoxy groups -OCH3 is 2. The number of para-hydroxylation sites is 1. The summed E-state index contributed by atoms with van der Waals surface area (Å²) in [7, 11) is 3.14. The Morgan fingerprint density at radius 3 is 2.45 bits per heavy atom. The van der Waals surface area contributed by atoms with Crippen molar-refractivity contribution in [2.24, 2.45) is 5.92 Å². The standard InChI is InChI=1S/C22H23FN2O3S/c1-13(2)19(14-8-10-15(23)11-9-14)25-21(26)17-12-29-22(24-17)16-6-5-7-18(27-3)20(16)28-4/h5-13,19H,1-4H3,(H,25,26). The number of ether oxygens (including phenoxy) is 2. The van der Waals surface area contributed by atoms with Crippen molar-refractivity contribution in [1.82, 2.24) is 10.3 Å². The second kappa shape index (κ2) is 9.05. The molecule has 0 fully saturated rings. The van der Waals surface area contributed by atoms with Crippen molar-refractivity contribution in [3.63, 3.8) is 0 Å². The van der Waals surface area contributed by atoms with E-state index in [0.717, 1.165) is 11.1 Å². The molecule has 1 unspecified atom stereocenters. The average molecular weight is 415 g/mol. The molecule has 3 rings (SSSR count). The molecule has 1 amide bonds. The highest BCUT2D eigenvalue weighted by molar-refractivity contribution is 7.13. The zero-order valence-electron chi connectivity index (χ0n) is 16.7. The van der Waals surface area contributed by atoms with Crippen molar-refractivity contribution in [2.75, 3.05) is 14.2 Å². The van der Waals surface area contributed by atoms with E-state index in [2.05, 4.69) is 10.3 Å². The van der Waals surface area contributed by atoms with Crippen molar-refractivity contribution in [2.45, 2.75) is 19.9 Å². The van der Waals surface area contributed by atoms with Gasteiger partial charge >= 0.3 is 0 Å². The molecule has 1 atom stereocenters. The van der Waals surface area contributed by atoms with Gasteiger partial charge in [-0.05, 0) is 35.7 Å². The van der Waals surface area contributed by atoms with Crippen molar-refractivity contribution in [1.29, 1.82) is 0 Å². The monoisotopic (exact) mass is 414 g/mol. The minimum Gasteiger partial charge on any atom is -0.493 e. The topological polar surface area (TPSA) is 60.5 Å². The lowest BCUT2D eigenvalue weighted by Crippen LogP contribution is -2.32. The van der Waals surface area contributed by atoms with Gasteiger partial charge in [0.25, 0.3) is 5.91 Å². The molecule has 2 aromatic carbocycles. The lowest BCUT2D eigenvalue weighted by atomic mass is 9.96. The first-order valence-corrected chi connectivity index (χ1v) is 10.1. The van der Waals surface area contributed by atoms with E-state index in [-0.39, 0.29) is 23.7 Å². The van der Waals surface area contributed by atoms with Crippen LogP contribution in [0.4, 0.5) is 4.39 Å². The van der Waals surface area contributed by atoms with Crippen LogP contribution in [0, 0.1) is 11.7 Å². The third-order valence-electron chi connectivity index (χ3n) is 4.55. The SMILES string of the molecule is COc1cccc(-c2nc(C(=O)NC(c3ccc(F)cc3)C(C)C)cs2)c1OC. The van der Waals surface area contributed by atoms with Gasteiger partial charge in [0.05, 0.1) is 25.8 Å². The van der Waals surface area contributed by atoms with Crippen molar-refractivity contribution < 1.29 is 18.7 Å². The molecule has 0 aliphatic carbocycles. The fraction of sp³-hybridized carbons (Fsp3) is 0.273. The molecule has 5 nitrogen and oxygen atoms in total. The van der Waals surface area contributed by atoms with Gasteiger partial charge in [-0.25, -0.2) is 9.37 Å². The van der Waals surface area contributed by atoms with Crippen LogP contribution in [0.3, 0.4) is 0 Å². The van der Waals surface area contributed by atoms with Crippen LogP contribution >= 0.6 is 11.3 Å². The average Bonchev–Trinajstić information content (AvgIpc) is 3.22. The van der Waals surface area contributed by atoms with E-state index in [1.54, 1.807) is 37.8 Å². The fourth-order valence-corrected chi connectivity index (χ4v) is 3.90. The summed E-state index contributed by atoms with van der Waals surface area (Å²) in [6.07, 6.45) is 0. The van der Waals surface area contributed by atoms with E-state index < -0.39 is 0 Å². The number of aromatic nitrogens is 1. The normalized spacial score (nSPS) is 11.9. The third-order valence-corrected chi connectivity index (χ3v) is 5.43. The van der Waals surface area contributed by atoms with Gasteiger partial charge in [-0.15, -0.1) is 11.3 Å². The molecule has 0 bridgehead atoms. The van der Waals surface area contributed by atoms with Gasteiger partial charge in [-0.1, -0.05) is 32.0 Å². The summed E-state index contributed by atoms with van der Waals surface area (Å²) in [6.45, 7) is 4.00. The van der Waals surface area contributed by atoms with Crippen molar-refractivity contribution >= 4 is 17.2 Å². The van der Waals surface area contributed by atoms with Crippen molar-refractivity contribution in [3.8, 4) is 22.1 Å². The van der Waals surface area contributed by atoms with Gasteiger partial charge < -0.3 is 14.8 Å². The van der Waals surface area contributed by atoms with E-state index in [9.17, 15) is 9.18 Å². The first-order valence-electron chi connectivity index (χ1n) is 9.17. The van der Waals surface area contributed by atoms with Gasteiger partial charge in [-0.2, -0.15) is 0 Å². The maximum absolute atomic E-state index is 13.2. The van der Waals surface area contributed by atoms with Crippen LogP contribution in [-0.4, -0.2) is 25.1 Å². The molecule has 0 aliphatic rings. The smallest absolute Gasteiger partial charge is 0.271 e. The van der Waals surface area contributed by atoms with Gasteiger partial charge in [0.15, 0.2) is 11.5 Å². The number of nitrogens with one attached hydrogen (secondary N) is 1. The van der Waals surface area contributed by atoms with Crippen LogP contribution in [0.5, 0.6) is 11.5 Å². The quantitative estimate of drug-likeness (QED) is 0.585. The number of carbonyl (C=O) groups excluding carboxylic acids is 1. The molecule has 0 radical (unpaired) electrons. The van der Waals surface area contributed by atoms with E-state index >= 15 is 0 Å². The Morgan fingerprint density at radius 1 is 1.10 bits per heavy atom. The Hall–Kier alpha value is -2.93. The Morgan fingerprint density at radius 2 is 1.83 bits per heavy atom. The van der Waals surface area contributed by atoms with Gasteiger partial charge in [-0.3, -0.25) is 4.79 Å². The lowest BCUT2D eigenvalue weighted by Gasteiger charge is -2.22. The summed E-state index contributed by atoms with van der Waals surface area (Å²) in [4.78, 5) is 17.3. The number of halogens is 1. The van der Waals surface area contributed by atoms with Crippen LogP contribution in [0.2, 0.25) is 0 Å². The third kappa shape index (κ3) is 4.56. The number of hydrogen-bond donors (Lipinski definition) is 1. The predicted molar refractivity (Wildman–Crippen MR) is 112 cm³/mol. The number of thiazole rings is 1. The van der Waals surface area contributed by atoms with Crippen LogP contribution in [0.25, 0.3) is 10.6 Å². The highest BCUT2D eigenvalue weighted by Crippen LogP contribution is 2.39. The van der Waals surface area contributed by atoms with Gasteiger partial charge in [0, 0.05) is 5.38 Å². The highest BCUT2D eigenvalue weighted by atomic mass is 32.1. The molecule has 1 heterocycles. The molecule has 0 spiro atoms. The fourth-order valence-electron chi connectivity index (χ4n) is 3.08. The largest absolute Gasteiger partial charge is 0.493 e. The zero-order valence-corrected chi connectivity index (χ0v) is 17.5. The summed E-state index contributed by atoms with van der Waals surface area (Å²) in [6, 6.07) is 11.4. The number of hydrogen-bond acceptors (Lipinski definition) is 5. The first-order chi connectivity index (χ1) is 13.9. The highest BCUT2D eigenvalue weighted by Gasteiger charge is 2.22. The second-order valence-corrected chi connectivity index (χ2v) is 7.68. The molecule has 1 N–H and O–H groups in total. The number of rotatable bonds is 7. The summed E-state index contributed by atoms with van der Waals surface area (Å²) in [5.41, 5.74) is 1.93. The van der Waals surface area contributed by atoms with E-state index in [1.165, 1.54) is 23.5 Å². The molecule has 3 aromatic rings. The maximum Gasteiger partial charge on any atom is 0.271 e. The Bertz CT molecular complexity index is 986. The Balaban J connectivity index is 1.84. The van der Waals surface area contributed by atoms with E-state index in [1.807, 2.05) is 26.0 Å². The molecular weight excluding hydrogens is 391 g/mol. The lowest BCUT2D eigenvalue weighted by molar-refractivity contribution is 0.0921. The Kier molecular flexibility index (Phi) is 6.49. The molecule has 0 saturated heterocycles. The minimum atomic E-state index is -0.307. The molecule has 7 heteroatoms. The summed E-state index contributed by atoms with van der Waals surface area (Å²) in [5, 5.41) is 5.39. The predicted octanol–water partition coefficient (Wildman–Crippen LogP) is 5.09. The second-order valence-electron chi connectivity index (χ2n) is 6.83. The van der Waals surface area contributed by atoms with Gasteiger partial charge in [0.1, 0.15) is 16.5 Å². The van der Waals surface area contributed by atoms with Crippen LogP contribution in [0.1, 0.15) is 35.9 Å². The van der Waals surface area contributed by atoms with Crippen LogP contribution in [0.15, 0.2) is 47.8 Å². The molecule has 1 aromatic heterocycles. The summed E-state index contributed by atoms with van der Waals surface area (Å²) in [5.74, 6) is 0.711. The summed E-state index contributed by atoms with van der Waals surface area (Å²) >= 11 is 1.36. The molecular formula is C22H23FN2O3S. The van der Waals surface area contributed by atoms with Gasteiger partial charge in [0.2, 0.25) is 0 Å². The summed E-state index contributed by atoms with van der Waals surface area (Å²) < 4.78 is 24.0. The number of nitrogens with zero attached hydrogens (tertiary/aromatic N) is 1. The minimum absolute atomic E-state index is 0.126. The first kappa shape index (κ1) is 20.8. The van der Waals surface area contributed by atoms with E-state index in [0.29, 0.717) is 22.2 Å². The van der Waals surface area contributed by atoms with Crippen LogP contribution < -0.4 is 14.8 Å². The Labute approximate surface area is 173 Å². The van der Waals surface area contributed by atoms with Crippen molar-refractivity contribution in [3.05, 3.63) is 64.9 Å². The number of benzene rings is 2. The number of amides is 1. The molecule has 29 heavy (non-hydrogen) atoms. The van der Waals surface area contributed by atoms with Crippen LogP contribution in [-0.2, 0) is 0 Å². The zero-order chi connectivity index (χ0) is 21.0. The molecule has 0 aliphatic heterocycles. The molecule has 152 valence electrons. The van der Waals surface area contributed by atoms with E-state index in [4.69, 9.17) is 9.47 Å².